The third-order valence-corrected chi connectivity index (χ3v) is 3.15. The van der Waals surface area contributed by atoms with Gasteiger partial charge in [0.1, 0.15) is 11.8 Å². The van der Waals surface area contributed by atoms with Crippen LogP contribution in [0.4, 0.5) is 0 Å². The molecule has 0 N–H and O–H groups in total. The molecule has 0 bridgehead atoms. The van der Waals surface area contributed by atoms with E-state index in [9.17, 15) is 0 Å². The summed E-state index contributed by atoms with van der Waals surface area (Å²) < 4.78 is 7.66. The second-order valence-electron chi connectivity index (χ2n) is 5.06. The van der Waals surface area contributed by atoms with E-state index in [1.165, 1.54) is 11.9 Å². The topological polar surface area (TPSA) is 52.8 Å². The third-order valence-electron chi connectivity index (χ3n) is 3.15. The highest BCUT2D eigenvalue weighted by Gasteiger charge is 2.12. The van der Waals surface area contributed by atoms with Gasteiger partial charge in [-0.2, -0.15) is 5.10 Å². The molecule has 1 aromatic carbocycles. The van der Waals surface area contributed by atoms with Gasteiger partial charge in [-0.05, 0) is 23.6 Å². The Morgan fingerprint density at radius 2 is 2.10 bits per heavy atom. The van der Waals surface area contributed by atoms with Crippen LogP contribution in [0.1, 0.15) is 25.3 Å². The molecule has 20 heavy (non-hydrogen) atoms. The maximum absolute atomic E-state index is 5.87. The summed E-state index contributed by atoms with van der Waals surface area (Å²) in [6.07, 6.45) is 5.12. The fourth-order valence-electron chi connectivity index (χ4n) is 2.11. The van der Waals surface area contributed by atoms with Gasteiger partial charge in [0, 0.05) is 30.9 Å². The highest BCUT2D eigenvalue weighted by Crippen LogP contribution is 2.32. The Bertz CT molecular complexity index is 734. The Hall–Kier alpha value is -2.43. The highest BCUT2D eigenvalue weighted by atomic mass is 16.5. The molecule has 3 aromatic rings. The first-order valence-corrected chi connectivity index (χ1v) is 6.54. The lowest BCUT2D eigenvalue weighted by Crippen LogP contribution is -1.93. The quantitative estimate of drug-likeness (QED) is 0.731. The number of aromatic nitrogens is 4. The Balaban J connectivity index is 2.12. The van der Waals surface area contributed by atoms with Crippen molar-refractivity contribution in [3.05, 3.63) is 42.5 Å². The van der Waals surface area contributed by atoms with Gasteiger partial charge in [-0.1, -0.05) is 13.8 Å². The van der Waals surface area contributed by atoms with E-state index in [1.54, 1.807) is 16.9 Å². The van der Waals surface area contributed by atoms with Gasteiger partial charge in [-0.25, -0.2) is 9.97 Å². The molecule has 5 nitrogen and oxygen atoms in total. The molecule has 0 spiro atoms. The maximum Gasteiger partial charge on any atom is 0.222 e. The Kier molecular flexibility index (Phi) is 3.10. The van der Waals surface area contributed by atoms with Gasteiger partial charge in [-0.15, -0.1) is 0 Å². The van der Waals surface area contributed by atoms with Crippen molar-refractivity contribution >= 4 is 10.9 Å². The van der Waals surface area contributed by atoms with Crippen molar-refractivity contribution in [3.63, 3.8) is 0 Å². The number of aryl methyl sites for hydroxylation is 1. The van der Waals surface area contributed by atoms with Gasteiger partial charge < -0.3 is 4.74 Å². The molecule has 0 amide bonds. The van der Waals surface area contributed by atoms with Crippen LogP contribution in [0.15, 0.2) is 36.9 Å². The van der Waals surface area contributed by atoms with Crippen molar-refractivity contribution in [2.24, 2.45) is 7.05 Å². The predicted molar refractivity (Wildman–Crippen MR) is 76.9 cm³/mol. The van der Waals surface area contributed by atoms with E-state index >= 15 is 0 Å². The number of hydrogen-bond donors (Lipinski definition) is 0. The summed E-state index contributed by atoms with van der Waals surface area (Å²) in [6.45, 7) is 4.32. The zero-order valence-electron chi connectivity index (χ0n) is 11.7. The normalized spacial score (nSPS) is 11.2. The lowest BCUT2D eigenvalue weighted by Gasteiger charge is -2.10. The van der Waals surface area contributed by atoms with Gasteiger partial charge in [0.15, 0.2) is 5.75 Å². The second kappa shape index (κ2) is 4.92. The van der Waals surface area contributed by atoms with Crippen molar-refractivity contribution in [3.8, 4) is 11.6 Å². The molecule has 3 rings (SSSR count). The minimum atomic E-state index is 0.423. The highest BCUT2D eigenvalue weighted by molar-refractivity contribution is 5.85. The van der Waals surface area contributed by atoms with E-state index in [4.69, 9.17) is 4.74 Å². The van der Waals surface area contributed by atoms with E-state index in [-0.39, 0.29) is 0 Å². The summed E-state index contributed by atoms with van der Waals surface area (Å²) in [6, 6.07) is 5.92. The van der Waals surface area contributed by atoms with E-state index in [1.807, 2.05) is 19.3 Å². The smallest absolute Gasteiger partial charge is 0.222 e. The van der Waals surface area contributed by atoms with Crippen molar-refractivity contribution in [2.45, 2.75) is 19.8 Å². The monoisotopic (exact) mass is 268 g/mol. The Morgan fingerprint density at radius 3 is 2.80 bits per heavy atom. The lowest BCUT2D eigenvalue weighted by molar-refractivity contribution is 0.464. The molecule has 0 fully saturated rings. The largest absolute Gasteiger partial charge is 0.437 e. The molecular weight excluding hydrogens is 252 g/mol. The molecule has 0 saturated carbocycles. The third kappa shape index (κ3) is 2.34. The molecule has 0 aliphatic carbocycles. The average Bonchev–Trinajstić information content (AvgIpc) is 2.80. The summed E-state index contributed by atoms with van der Waals surface area (Å²) >= 11 is 0. The number of ether oxygens (including phenoxy) is 1. The van der Waals surface area contributed by atoms with E-state index in [0.29, 0.717) is 11.8 Å². The minimum Gasteiger partial charge on any atom is -0.437 e. The van der Waals surface area contributed by atoms with Crippen LogP contribution >= 0.6 is 0 Å². The van der Waals surface area contributed by atoms with Crippen molar-refractivity contribution in [2.75, 3.05) is 0 Å². The van der Waals surface area contributed by atoms with Crippen LogP contribution in [-0.2, 0) is 7.05 Å². The van der Waals surface area contributed by atoms with Crippen LogP contribution in [0, 0.1) is 0 Å². The summed E-state index contributed by atoms with van der Waals surface area (Å²) in [4.78, 5) is 7.98. The Morgan fingerprint density at radius 1 is 1.25 bits per heavy atom. The van der Waals surface area contributed by atoms with Gasteiger partial charge >= 0.3 is 0 Å². The average molecular weight is 268 g/mol. The van der Waals surface area contributed by atoms with Crippen molar-refractivity contribution < 1.29 is 4.74 Å². The minimum absolute atomic E-state index is 0.423. The number of benzene rings is 1. The molecule has 102 valence electrons. The van der Waals surface area contributed by atoms with Crippen LogP contribution in [0.2, 0.25) is 0 Å². The predicted octanol–water partition coefficient (Wildman–Crippen LogP) is 3.28. The first kappa shape index (κ1) is 12.6. The van der Waals surface area contributed by atoms with Crippen LogP contribution in [0.25, 0.3) is 10.9 Å². The summed E-state index contributed by atoms with van der Waals surface area (Å²) in [5.74, 6) is 1.67. The summed E-state index contributed by atoms with van der Waals surface area (Å²) in [7, 11) is 1.91. The number of hydrogen-bond acceptors (Lipinski definition) is 4. The van der Waals surface area contributed by atoms with Crippen LogP contribution in [0.3, 0.4) is 0 Å². The van der Waals surface area contributed by atoms with Crippen molar-refractivity contribution in [1.82, 2.24) is 19.7 Å². The second-order valence-corrected chi connectivity index (χ2v) is 5.06. The molecule has 0 aliphatic rings. The summed E-state index contributed by atoms with van der Waals surface area (Å²) in [5.41, 5.74) is 2.06. The van der Waals surface area contributed by atoms with Crippen LogP contribution in [0.5, 0.6) is 11.6 Å². The lowest BCUT2D eigenvalue weighted by atomic mass is 10.0. The zero-order valence-corrected chi connectivity index (χ0v) is 11.7. The molecule has 0 unspecified atom stereocenters. The number of fused-ring (bicyclic) bond motifs is 1. The Labute approximate surface area is 117 Å². The van der Waals surface area contributed by atoms with Gasteiger partial charge in [0.05, 0.1) is 0 Å². The first-order valence-electron chi connectivity index (χ1n) is 6.54. The number of nitrogens with zero attached hydrogens (tertiary/aromatic N) is 4. The molecule has 2 heterocycles. The van der Waals surface area contributed by atoms with E-state index < -0.39 is 0 Å². The summed E-state index contributed by atoms with van der Waals surface area (Å²) in [5, 5.41) is 5.53. The van der Waals surface area contributed by atoms with E-state index in [2.05, 4.69) is 35.0 Å². The van der Waals surface area contributed by atoms with Gasteiger partial charge in [-0.3, -0.25) is 4.68 Å². The molecule has 5 heteroatoms. The van der Waals surface area contributed by atoms with Gasteiger partial charge in [0.25, 0.3) is 0 Å². The van der Waals surface area contributed by atoms with E-state index in [0.717, 1.165) is 16.7 Å². The maximum atomic E-state index is 5.87. The fourth-order valence-corrected chi connectivity index (χ4v) is 2.11. The first-order chi connectivity index (χ1) is 9.63. The van der Waals surface area contributed by atoms with Crippen LogP contribution < -0.4 is 4.74 Å². The van der Waals surface area contributed by atoms with Crippen molar-refractivity contribution in [1.29, 1.82) is 0 Å². The molecule has 2 aromatic heterocycles. The SMILES string of the molecule is CC(C)c1cc(Oc2ccncn2)c2nn(C)cc2c1. The molecular formula is C15H16N4O. The number of rotatable bonds is 3. The molecule has 0 saturated heterocycles. The molecule has 0 radical (unpaired) electrons. The standard InChI is InChI=1S/C15H16N4O/c1-10(2)11-6-12-8-19(3)18-15(12)13(7-11)20-14-4-5-16-9-17-14/h4-10H,1-3H3. The van der Waals surface area contributed by atoms with Gasteiger partial charge in [0.2, 0.25) is 5.88 Å². The molecule has 0 atom stereocenters. The fraction of sp³-hybridized carbons (Fsp3) is 0.267. The molecule has 0 aliphatic heterocycles. The van der Waals surface area contributed by atoms with Crippen LogP contribution in [-0.4, -0.2) is 19.7 Å². The zero-order chi connectivity index (χ0) is 14.1.